The second kappa shape index (κ2) is 10.7. The zero-order valence-corrected chi connectivity index (χ0v) is 22.4. The van der Waals surface area contributed by atoms with Crippen molar-refractivity contribution in [2.45, 2.75) is 11.4 Å². The van der Waals surface area contributed by atoms with Crippen LogP contribution in [0.15, 0.2) is 94.4 Å². The normalized spacial score (nSPS) is 11.0. The van der Waals surface area contributed by atoms with Crippen LogP contribution in [0.25, 0.3) is 16.9 Å². The molecule has 0 saturated carbocycles. The maximum atomic E-state index is 12.9. The third-order valence-electron chi connectivity index (χ3n) is 5.59. The lowest BCUT2D eigenvalue weighted by atomic mass is 10.1. The second-order valence-electron chi connectivity index (χ2n) is 7.94. The first kappa shape index (κ1) is 24.4. The number of carbonyl (C=O) groups excluding carboxylic acids is 1. The first-order chi connectivity index (χ1) is 17.5. The van der Waals surface area contributed by atoms with Crippen molar-refractivity contribution in [2.75, 3.05) is 16.9 Å². The van der Waals surface area contributed by atoms with Crippen LogP contribution in [0.4, 0.5) is 11.5 Å². The predicted molar refractivity (Wildman–Crippen MR) is 151 cm³/mol. The van der Waals surface area contributed by atoms with Crippen LogP contribution in [0.5, 0.6) is 0 Å². The van der Waals surface area contributed by atoms with Gasteiger partial charge in [0.15, 0.2) is 5.65 Å². The van der Waals surface area contributed by atoms with E-state index in [2.05, 4.69) is 31.7 Å². The second-order valence-corrected chi connectivity index (χ2v) is 10.1. The maximum Gasteiger partial charge on any atom is 0.256 e. The third kappa shape index (κ3) is 5.11. The minimum atomic E-state index is -0.133. The fourth-order valence-electron chi connectivity index (χ4n) is 3.85. The number of thioether (sulfide) groups is 1. The van der Waals surface area contributed by atoms with E-state index in [1.54, 1.807) is 22.5 Å². The molecule has 0 bridgehead atoms. The van der Waals surface area contributed by atoms with Crippen molar-refractivity contribution < 1.29 is 4.79 Å². The minimum absolute atomic E-state index is 0.133. The molecule has 9 heteroatoms. The monoisotopic (exact) mass is 577 g/mol. The van der Waals surface area contributed by atoms with Gasteiger partial charge in [0.2, 0.25) is 0 Å². The van der Waals surface area contributed by atoms with Crippen LogP contribution in [0, 0.1) is 0 Å². The van der Waals surface area contributed by atoms with Gasteiger partial charge < -0.3 is 10.6 Å². The molecule has 5 rings (SSSR count). The molecule has 0 saturated heterocycles. The number of rotatable bonds is 7. The van der Waals surface area contributed by atoms with E-state index in [-0.39, 0.29) is 5.91 Å². The number of aromatic nitrogens is 3. The fourth-order valence-corrected chi connectivity index (χ4v) is 5.03. The lowest BCUT2D eigenvalue weighted by Gasteiger charge is -2.13. The zero-order chi connectivity index (χ0) is 25.1. The SMILES string of the molecule is CSc1ccccc1C(=O)Nc1cccc(CNc2cc(-c3ccccc3Cl)nc3c(Br)cnn23)c1. The van der Waals surface area contributed by atoms with E-state index in [0.717, 1.165) is 37.7 Å². The largest absolute Gasteiger partial charge is 0.366 e. The Hall–Kier alpha value is -3.33. The van der Waals surface area contributed by atoms with Crippen LogP contribution in [-0.4, -0.2) is 26.8 Å². The van der Waals surface area contributed by atoms with Crippen molar-refractivity contribution in [3.05, 3.63) is 106 Å². The van der Waals surface area contributed by atoms with E-state index in [1.165, 1.54) is 0 Å². The summed E-state index contributed by atoms with van der Waals surface area (Å²) in [5, 5.41) is 11.5. The number of amides is 1. The average Bonchev–Trinajstić information content (AvgIpc) is 3.28. The summed E-state index contributed by atoms with van der Waals surface area (Å²) in [6.45, 7) is 0.518. The van der Waals surface area contributed by atoms with Gasteiger partial charge in [-0.25, -0.2) is 4.98 Å². The van der Waals surface area contributed by atoms with Crippen LogP contribution in [0.1, 0.15) is 15.9 Å². The highest BCUT2D eigenvalue weighted by molar-refractivity contribution is 9.10. The van der Waals surface area contributed by atoms with Crippen molar-refractivity contribution in [1.82, 2.24) is 14.6 Å². The summed E-state index contributed by atoms with van der Waals surface area (Å²) >= 11 is 11.5. The summed E-state index contributed by atoms with van der Waals surface area (Å²) in [5.74, 6) is 0.635. The standard InChI is InChI=1S/C27H21BrClN5OS/c1-36-24-12-5-3-10-20(24)27(35)32-18-8-6-7-17(13-18)15-30-25-14-23(19-9-2-4-11-22(19)29)33-26-21(28)16-31-34(25)26/h2-14,16,30H,15H2,1H3,(H,32,35). The topological polar surface area (TPSA) is 71.3 Å². The number of anilines is 2. The molecule has 0 radical (unpaired) electrons. The van der Waals surface area contributed by atoms with Gasteiger partial charge in [-0.15, -0.1) is 11.8 Å². The summed E-state index contributed by atoms with van der Waals surface area (Å²) in [7, 11) is 0. The van der Waals surface area contributed by atoms with E-state index < -0.39 is 0 Å². The van der Waals surface area contributed by atoms with Crippen molar-refractivity contribution in [3.63, 3.8) is 0 Å². The molecule has 0 aliphatic rings. The van der Waals surface area contributed by atoms with Gasteiger partial charge in [-0.1, -0.05) is 54.1 Å². The number of hydrogen-bond acceptors (Lipinski definition) is 5. The van der Waals surface area contributed by atoms with Crippen molar-refractivity contribution in [1.29, 1.82) is 0 Å². The Morgan fingerprint density at radius 1 is 1.06 bits per heavy atom. The Kier molecular flexibility index (Phi) is 7.27. The van der Waals surface area contributed by atoms with Crippen LogP contribution < -0.4 is 10.6 Å². The summed E-state index contributed by atoms with van der Waals surface area (Å²) in [4.78, 5) is 18.5. The van der Waals surface area contributed by atoms with Crippen LogP contribution in [-0.2, 0) is 6.54 Å². The molecule has 0 spiro atoms. The van der Waals surface area contributed by atoms with Crippen LogP contribution in [0.3, 0.4) is 0 Å². The minimum Gasteiger partial charge on any atom is -0.366 e. The van der Waals surface area contributed by atoms with Gasteiger partial charge >= 0.3 is 0 Å². The molecule has 5 aromatic rings. The van der Waals surface area contributed by atoms with E-state index in [1.807, 2.05) is 85.1 Å². The number of hydrogen-bond donors (Lipinski definition) is 2. The van der Waals surface area contributed by atoms with Gasteiger partial charge in [0.05, 0.1) is 21.9 Å². The Morgan fingerprint density at radius 3 is 2.69 bits per heavy atom. The number of nitrogens with zero attached hydrogens (tertiary/aromatic N) is 3. The number of fused-ring (bicyclic) bond motifs is 1. The smallest absolute Gasteiger partial charge is 0.256 e. The molecule has 36 heavy (non-hydrogen) atoms. The van der Waals surface area contributed by atoms with Crippen molar-refractivity contribution >= 4 is 62.4 Å². The number of carbonyl (C=O) groups is 1. The van der Waals surface area contributed by atoms with Gasteiger partial charge in [0, 0.05) is 33.8 Å². The highest BCUT2D eigenvalue weighted by atomic mass is 79.9. The average molecular weight is 579 g/mol. The van der Waals surface area contributed by atoms with Gasteiger partial charge in [-0.05, 0) is 58.1 Å². The molecular formula is C27H21BrClN5OS. The van der Waals surface area contributed by atoms with E-state index in [0.29, 0.717) is 22.8 Å². The molecule has 180 valence electrons. The molecule has 2 aromatic heterocycles. The molecule has 0 fully saturated rings. The molecule has 0 atom stereocenters. The van der Waals surface area contributed by atoms with Crippen molar-refractivity contribution in [3.8, 4) is 11.3 Å². The molecule has 6 nitrogen and oxygen atoms in total. The van der Waals surface area contributed by atoms with E-state index in [4.69, 9.17) is 16.6 Å². The Balaban J connectivity index is 1.39. The molecule has 0 unspecified atom stereocenters. The summed E-state index contributed by atoms with van der Waals surface area (Å²) in [6.07, 6.45) is 3.68. The lowest BCUT2D eigenvalue weighted by Crippen LogP contribution is -2.13. The first-order valence-corrected chi connectivity index (χ1v) is 13.5. The van der Waals surface area contributed by atoms with Crippen molar-refractivity contribution in [2.24, 2.45) is 0 Å². The first-order valence-electron chi connectivity index (χ1n) is 11.1. The highest BCUT2D eigenvalue weighted by Crippen LogP contribution is 2.30. The van der Waals surface area contributed by atoms with Gasteiger partial charge in [0.1, 0.15) is 5.82 Å². The lowest BCUT2D eigenvalue weighted by molar-refractivity contribution is 0.102. The molecule has 2 N–H and O–H groups in total. The Labute approximate surface area is 226 Å². The van der Waals surface area contributed by atoms with Gasteiger partial charge in [-0.3, -0.25) is 4.79 Å². The third-order valence-corrected chi connectivity index (χ3v) is 7.27. The highest BCUT2D eigenvalue weighted by Gasteiger charge is 2.14. The number of benzene rings is 3. The Bertz CT molecular complexity index is 1570. The Morgan fingerprint density at radius 2 is 1.86 bits per heavy atom. The van der Waals surface area contributed by atoms with Crippen LogP contribution in [0.2, 0.25) is 5.02 Å². The number of halogens is 2. The quantitative estimate of drug-likeness (QED) is 0.197. The van der Waals surface area contributed by atoms with Gasteiger partial charge in [0.25, 0.3) is 5.91 Å². The molecule has 0 aliphatic heterocycles. The molecule has 0 aliphatic carbocycles. The summed E-state index contributed by atoms with van der Waals surface area (Å²) in [6, 6.07) is 24.9. The molecule has 1 amide bonds. The maximum absolute atomic E-state index is 12.9. The molecular weight excluding hydrogens is 558 g/mol. The molecule has 3 aromatic carbocycles. The van der Waals surface area contributed by atoms with Gasteiger partial charge in [-0.2, -0.15) is 9.61 Å². The van der Waals surface area contributed by atoms with E-state index in [9.17, 15) is 4.79 Å². The van der Waals surface area contributed by atoms with Crippen LogP contribution >= 0.6 is 39.3 Å². The zero-order valence-electron chi connectivity index (χ0n) is 19.2. The summed E-state index contributed by atoms with van der Waals surface area (Å²) in [5.41, 5.74) is 4.65. The van der Waals surface area contributed by atoms with E-state index >= 15 is 0 Å². The summed E-state index contributed by atoms with van der Waals surface area (Å²) < 4.78 is 2.53. The molecule has 2 heterocycles. The predicted octanol–water partition coefficient (Wildman–Crippen LogP) is 7.40. The fraction of sp³-hybridized carbons (Fsp3) is 0.0741. The number of nitrogens with one attached hydrogen (secondary N) is 2.